The first kappa shape index (κ1) is 49.1. The minimum absolute atomic E-state index is 0.114. The molecule has 334 valence electrons. The zero-order valence-electron chi connectivity index (χ0n) is 39.1. The molecule has 4 aliphatic carbocycles. The SMILES string of the molecule is CC(C)CCC[C@@H](C)[C@H]1CC[C@H]2[C@@H]3CC=C4C[C@@H](SSCCC(=O)N(CCC(C)NC(=O)OC(C)(C)C)CCC(C)NC(=O)OC(C)(C)C)CC[C@]4(C)[C@H]3CC[C@]12C. The second-order valence-corrected chi connectivity index (χ2v) is 24.7. The third-order valence-corrected chi connectivity index (χ3v) is 17.3. The molecule has 3 fully saturated rings. The second-order valence-electron chi connectivity index (χ2n) is 21.9. The van der Waals surface area contributed by atoms with Crippen molar-refractivity contribution in [3.8, 4) is 0 Å². The number of nitrogens with zero attached hydrogens (tertiary/aromatic N) is 1. The average molecular weight is 848 g/mol. The van der Waals surface area contributed by atoms with E-state index in [0.717, 1.165) is 41.3 Å². The van der Waals surface area contributed by atoms with Gasteiger partial charge in [-0.25, -0.2) is 9.59 Å². The molecule has 0 aromatic heterocycles. The number of carbonyl (C=O) groups excluding carboxylic acids is 3. The van der Waals surface area contributed by atoms with Gasteiger partial charge in [0.25, 0.3) is 0 Å². The van der Waals surface area contributed by atoms with Gasteiger partial charge in [-0.3, -0.25) is 4.79 Å². The Morgan fingerprint density at radius 3 is 1.98 bits per heavy atom. The van der Waals surface area contributed by atoms with Crippen LogP contribution in [-0.2, 0) is 14.3 Å². The average Bonchev–Trinajstić information content (AvgIpc) is 3.45. The molecule has 2 N–H and O–H groups in total. The molecular weight excluding hydrogens is 763 g/mol. The minimum Gasteiger partial charge on any atom is -0.444 e. The predicted octanol–water partition coefficient (Wildman–Crippen LogP) is 12.6. The Hall–Kier alpha value is -1.55. The van der Waals surface area contributed by atoms with E-state index >= 15 is 0 Å². The molecule has 0 aromatic rings. The minimum atomic E-state index is -0.574. The van der Waals surface area contributed by atoms with Crippen LogP contribution >= 0.6 is 21.6 Å². The molecule has 0 aromatic carbocycles. The van der Waals surface area contributed by atoms with Gasteiger partial charge in [-0.1, -0.05) is 87.1 Å². The lowest BCUT2D eigenvalue weighted by molar-refractivity contribution is -0.131. The Labute approximate surface area is 362 Å². The van der Waals surface area contributed by atoms with Crippen LogP contribution in [0, 0.1) is 46.3 Å². The standard InChI is InChI=1S/C48H85N3O5S2/c1-32(2)15-14-16-33(3)39-19-20-40-38-18-17-36-31-37(21-26-47(36,12)41(38)22-27-48(39,40)13)58-57-30-25-42(52)51(28-23-34(4)49-43(53)55-45(6,7)8)29-24-35(5)50-44(54)56-46(9,10)11/h17,32-35,37-41H,14-16,18-31H2,1-13H3,(H,49,53)(H,50,54)/t33-,34?,35?,37+,38+,39-,40+,41+,47+,48-/m1/s1. The lowest BCUT2D eigenvalue weighted by atomic mass is 9.47. The van der Waals surface area contributed by atoms with Crippen molar-refractivity contribution >= 4 is 39.7 Å². The van der Waals surface area contributed by atoms with Crippen molar-refractivity contribution in [1.29, 1.82) is 0 Å². The summed E-state index contributed by atoms with van der Waals surface area (Å²) in [5.41, 5.74) is 1.48. The summed E-state index contributed by atoms with van der Waals surface area (Å²) in [7, 11) is 3.86. The Bertz CT molecular complexity index is 1350. The number of nitrogens with one attached hydrogen (secondary N) is 2. The molecule has 10 atom stereocenters. The quantitative estimate of drug-likeness (QED) is 0.0805. The number of ether oxygens (including phenoxy) is 2. The van der Waals surface area contributed by atoms with E-state index in [4.69, 9.17) is 9.47 Å². The van der Waals surface area contributed by atoms with Gasteiger partial charge in [-0.05, 0) is 166 Å². The van der Waals surface area contributed by atoms with Crippen molar-refractivity contribution in [2.24, 2.45) is 46.3 Å². The Kier molecular flexibility index (Phi) is 17.8. The first-order valence-electron chi connectivity index (χ1n) is 23.2. The number of hydrogen-bond donors (Lipinski definition) is 2. The molecule has 2 unspecified atom stereocenters. The fraction of sp³-hybridized carbons (Fsp3) is 0.896. The van der Waals surface area contributed by atoms with E-state index in [1.165, 1.54) is 70.6 Å². The smallest absolute Gasteiger partial charge is 0.407 e. The molecule has 0 saturated heterocycles. The van der Waals surface area contributed by atoms with Gasteiger partial charge in [0.1, 0.15) is 11.2 Å². The second kappa shape index (κ2) is 21.0. The van der Waals surface area contributed by atoms with Gasteiger partial charge in [0.2, 0.25) is 5.91 Å². The molecule has 10 heteroatoms. The highest BCUT2D eigenvalue weighted by Gasteiger charge is 2.59. The highest BCUT2D eigenvalue weighted by Crippen LogP contribution is 2.67. The normalized spacial score (nSPS) is 29.9. The van der Waals surface area contributed by atoms with E-state index in [1.54, 1.807) is 5.57 Å². The third kappa shape index (κ3) is 14.0. The van der Waals surface area contributed by atoms with E-state index in [0.29, 0.717) is 48.4 Å². The molecule has 8 nitrogen and oxygen atoms in total. The zero-order chi connectivity index (χ0) is 43.1. The fourth-order valence-electron chi connectivity index (χ4n) is 11.4. The number of amides is 3. The summed E-state index contributed by atoms with van der Waals surface area (Å²) >= 11 is 0. The van der Waals surface area contributed by atoms with Crippen molar-refractivity contribution < 1.29 is 23.9 Å². The molecule has 3 amide bonds. The maximum absolute atomic E-state index is 13.7. The zero-order valence-corrected chi connectivity index (χ0v) is 40.7. The summed E-state index contributed by atoms with van der Waals surface area (Å²) in [5.74, 6) is 6.05. The van der Waals surface area contributed by atoms with Gasteiger partial charge in [-0.15, -0.1) is 0 Å². The molecule has 0 bridgehead atoms. The maximum atomic E-state index is 13.7. The summed E-state index contributed by atoms with van der Waals surface area (Å²) in [6, 6.07) is -0.315. The van der Waals surface area contributed by atoms with Gasteiger partial charge in [0, 0.05) is 42.6 Å². The fourth-order valence-corrected chi connectivity index (χ4v) is 14.0. The highest BCUT2D eigenvalue weighted by molar-refractivity contribution is 8.76. The monoisotopic (exact) mass is 848 g/mol. The van der Waals surface area contributed by atoms with Gasteiger partial charge in [0.05, 0.1) is 0 Å². The van der Waals surface area contributed by atoms with Crippen LogP contribution in [0.5, 0.6) is 0 Å². The summed E-state index contributed by atoms with van der Waals surface area (Å²) in [6.45, 7) is 28.6. The third-order valence-electron chi connectivity index (χ3n) is 14.4. The number of allylic oxidation sites excluding steroid dienone is 2. The first-order valence-corrected chi connectivity index (χ1v) is 25.6. The Morgan fingerprint density at radius 2 is 1.41 bits per heavy atom. The number of hydrogen-bond acceptors (Lipinski definition) is 7. The van der Waals surface area contributed by atoms with Crippen molar-refractivity contribution in [1.82, 2.24) is 15.5 Å². The number of carbonyl (C=O) groups is 3. The van der Waals surface area contributed by atoms with E-state index < -0.39 is 23.4 Å². The first-order chi connectivity index (χ1) is 27.0. The van der Waals surface area contributed by atoms with Crippen LogP contribution in [0.2, 0.25) is 0 Å². The van der Waals surface area contributed by atoms with Crippen LogP contribution in [0.15, 0.2) is 11.6 Å². The highest BCUT2D eigenvalue weighted by atomic mass is 33.1. The molecule has 4 rings (SSSR count). The number of fused-ring (bicyclic) bond motifs is 5. The molecular formula is C48H85N3O5S2. The summed E-state index contributed by atoms with van der Waals surface area (Å²) in [5, 5.41) is 6.42. The molecule has 3 saturated carbocycles. The topological polar surface area (TPSA) is 97.0 Å². The van der Waals surface area contributed by atoms with Crippen molar-refractivity contribution in [2.45, 2.75) is 208 Å². The van der Waals surface area contributed by atoms with Crippen LogP contribution in [-0.4, -0.2) is 70.4 Å². The molecule has 0 spiro atoms. The van der Waals surface area contributed by atoms with Gasteiger partial charge in [-0.2, -0.15) is 0 Å². The molecule has 4 aliphatic rings. The Morgan fingerprint density at radius 1 is 0.810 bits per heavy atom. The molecule has 58 heavy (non-hydrogen) atoms. The van der Waals surface area contributed by atoms with E-state index in [9.17, 15) is 14.4 Å². The summed E-state index contributed by atoms with van der Waals surface area (Å²) < 4.78 is 10.9. The van der Waals surface area contributed by atoms with E-state index in [-0.39, 0.29) is 18.0 Å². The van der Waals surface area contributed by atoms with Crippen LogP contribution in [0.4, 0.5) is 9.59 Å². The van der Waals surface area contributed by atoms with E-state index in [1.807, 2.05) is 81.9 Å². The summed E-state index contributed by atoms with van der Waals surface area (Å²) in [6.07, 6.45) is 18.5. The summed E-state index contributed by atoms with van der Waals surface area (Å²) in [4.78, 5) is 40.4. The van der Waals surface area contributed by atoms with Gasteiger partial charge in [0.15, 0.2) is 0 Å². The Balaban J connectivity index is 1.27. The lowest BCUT2D eigenvalue weighted by Gasteiger charge is -2.58. The van der Waals surface area contributed by atoms with Crippen LogP contribution in [0.25, 0.3) is 0 Å². The van der Waals surface area contributed by atoms with Crippen LogP contribution < -0.4 is 10.6 Å². The van der Waals surface area contributed by atoms with Crippen LogP contribution in [0.1, 0.15) is 180 Å². The predicted molar refractivity (Wildman–Crippen MR) is 245 cm³/mol. The maximum Gasteiger partial charge on any atom is 0.407 e. The number of alkyl carbamates (subject to hydrolysis) is 2. The van der Waals surface area contributed by atoms with Gasteiger partial charge < -0.3 is 25.0 Å². The molecule has 0 aliphatic heterocycles. The van der Waals surface area contributed by atoms with E-state index in [2.05, 4.69) is 51.3 Å². The largest absolute Gasteiger partial charge is 0.444 e. The molecule has 0 heterocycles. The van der Waals surface area contributed by atoms with Crippen molar-refractivity contribution in [2.75, 3.05) is 18.8 Å². The van der Waals surface area contributed by atoms with Crippen molar-refractivity contribution in [3.63, 3.8) is 0 Å². The van der Waals surface area contributed by atoms with Crippen LogP contribution in [0.3, 0.4) is 0 Å². The van der Waals surface area contributed by atoms with Gasteiger partial charge >= 0.3 is 12.2 Å². The van der Waals surface area contributed by atoms with Crippen molar-refractivity contribution in [3.05, 3.63) is 11.6 Å². The lowest BCUT2D eigenvalue weighted by Crippen LogP contribution is -2.50. The number of rotatable bonds is 18. The molecule has 0 radical (unpaired) electrons.